The normalized spacial score (nSPS) is 28.4. The van der Waals surface area contributed by atoms with E-state index < -0.39 is 5.97 Å². The van der Waals surface area contributed by atoms with Crippen LogP contribution in [0.4, 0.5) is 5.82 Å². The van der Waals surface area contributed by atoms with Crippen LogP contribution >= 0.6 is 0 Å². The molecule has 0 saturated carbocycles. The first-order chi connectivity index (χ1) is 9.65. The number of hydrogen-bond acceptors (Lipinski definition) is 5. The Hall–Kier alpha value is -2.18. The minimum atomic E-state index is -0.692. The van der Waals surface area contributed by atoms with Crippen molar-refractivity contribution in [1.29, 1.82) is 0 Å². The molecule has 2 aromatic rings. The zero-order valence-electron chi connectivity index (χ0n) is 11.1. The number of aryl methyl sites for hydroxylation is 1. The summed E-state index contributed by atoms with van der Waals surface area (Å²) >= 11 is 0. The third-order valence-corrected chi connectivity index (χ3v) is 4.48. The van der Waals surface area contributed by atoms with E-state index in [2.05, 4.69) is 20.0 Å². The lowest BCUT2D eigenvalue weighted by Gasteiger charge is -2.25. The summed E-state index contributed by atoms with van der Waals surface area (Å²) in [6, 6.07) is 2.32. The van der Waals surface area contributed by atoms with Gasteiger partial charge in [0.05, 0.1) is 5.92 Å². The SMILES string of the molecule is Cc1cc(N2C3CCC2C(C(=O)O)C3)n2ncnc2n1. The maximum atomic E-state index is 11.4. The van der Waals surface area contributed by atoms with Gasteiger partial charge in [-0.15, -0.1) is 0 Å². The molecule has 4 heterocycles. The van der Waals surface area contributed by atoms with Crippen LogP contribution in [0.2, 0.25) is 0 Å². The predicted molar refractivity (Wildman–Crippen MR) is 70.6 cm³/mol. The molecule has 0 radical (unpaired) electrons. The van der Waals surface area contributed by atoms with Crippen molar-refractivity contribution in [2.75, 3.05) is 4.90 Å². The minimum Gasteiger partial charge on any atom is -0.481 e. The number of aliphatic carboxylic acids is 1. The highest BCUT2D eigenvalue weighted by Gasteiger charge is 2.50. The molecular weight excluding hydrogens is 258 g/mol. The molecule has 4 rings (SSSR count). The van der Waals surface area contributed by atoms with Crippen LogP contribution < -0.4 is 4.90 Å². The fourth-order valence-corrected chi connectivity index (χ4v) is 3.71. The molecule has 0 aromatic carbocycles. The molecular formula is C13H15N5O2. The monoisotopic (exact) mass is 273 g/mol. The molecule has 7 heteroatoms. The summed E-state index contributed by atoms with van der Waals surface area (Å²) in [5, 5.41) is 13.6. The van der Waals surface area contributed by atoms with Gasteiger partial charge in [-0.05, 0) is 26.2 Å². The van der Waals surface area contributed by atoms with Gasteiger partial charge < -0.3 is 10.0 Å². The Balaban J connectivity index is 1.84. The maximum Gasteiger partial charge on any atom is 0.308 e. The molecule has 2 bridgehead atoms. The number of carbonyl (C=O) groups is 1. The molecule has 1 N–H and O–H groups in total. The number of hydrogen-bond donors (Lipinski definition) is 1. The van der Waals surface area contributed by atoms with E-state index in [4.69, 9.17) is 0 Å². The van der Waals surface area contributed by atoms with E-state index in [1.54, 1.807) is 4.52 Å². The summed E-state index contributed by atoms with van der Waals surface area (Å²) < 4.78 is 1.71. The van der Waals surface area contributed by atoms with Crippen LogP contribution in [-0.2, 0) is 4.79 Å². The zero-order valence-corrected chi connectivity index (χ0v) is 11.1. The molecule has 7 nitrogen and oxygen atoms in total. The lowest BCUT2D eigenvalue weighted by Crippen LogP contribution is -2.34. The topological polar surface area (TPSA) is 83.6 Å². The van der Waals surface area contributed by atoms with Crippen LogP contribution in [0.25, 0.3) is 5.78 Å². The van der Waals surface area contributed by atoms with Crippen molar-refractivity contribution in [3.8, 4) is 0 Å². The number of carboxylic acid groups (broad SMARTS) is 1. The van der Waals surface area contributed by atoms with E-state index in [1.165, 1.54) is 6.33 Å². The second kappa shape index (κ2) is 3.91. The van der Waals surface area contributed by atoms with Gasteiger partial charge in [-0.1, -0.05) is 0 Å². The van der Waals surface area contributed by atoms with Gasteiger partial charge >= 0.3 is 5.97 Å². The third-order valence-electron chi connectivity index (χ3n) is 4.48. The first kappa shape index (κ1) is 11.6. The average Bonchev–Trinajstić information content (AvgIpc) is 3.10. The van der Waals surface area contributed by atoms with Gasteiger partial charge in [-0.25, -0.2) is 4.98 Å². The van der Waals surface area contributed by atoms with Gasteiger partial charge in [-0.3, -0.25) is 4.79 Å². The van der Waals surface area contributed by atoms with E-state index in [9.17, 15) is 9.90 Å². The molecule has 2 fully saturated rings. The highest BCUT2D eigenvalue weighted by atomic mass is 16.4. The van der Waals surface area contributed by atoms with E-state index in [0.717, 1.165) is 30.8 Å². The average molecular weight is 273 g/mol. The quantitative estimate of drug-likeness (QED) is 0.874. The second-order valence-corrected chi connectivity index (χ2v) is 5.61. The van der Waals surface area contributed by atoms with Crippen molar-refractivity contribution in [2.45, 2.75) is 38.3 Å². The fraction of sp³-hybridized carbons (Fsp3) is 0.538. The number of fused-ring (bicyclic) bond motifs is 3. The van der Waals surface area contributed by atoms with Crippen molar-refractivity contribution in [3.05, 3.63) is 18.1 Å². The molecule has 2 aromatic heterocycles. The van der Waals surface area contributed by atoms with Gasteiger partial charge in [0, 0.05) is 23.8 Å². The van der Waals surface area contributed by atoms with Crippen LogP contribution in [-0.4, -0.2) is 42.7 Å². The third kappa shape index (κ3) is 1.46. The smallest absolute Gasteiger partial charge is 0.308 e. The zero-order chi connectivity index (χ0) is 13.9. The molecule has 0 spiro atoms. The summed E-state index contributed by atoms with van der Waals surface area (Å²) in [5.41, 5.74) is 0.874. The summed E-state index contributed by atoms with van der Waals surface area (Å²) in [4.78, 5) is 22.1. The van der Waals surface area contributed by atoms with Gasteiger partial charge in [0.1, 0.15) is 12.1 Å². The van der Waals surface area contributed by atoms with Crippen LogP contribution in [0.15, 0.2) is 12.4 Å². The second-order valence-electron chi connectivity index (χ2n) is 5.61. The van der Waals surface area contributed by atoms with Crippen molar-refractivity contribution in [1.82, 2.24) is 19.6 Å². The molecule has 20 heavy (non-hydrogen) atoms. The van der Waals surface area contributed by atoms with E-state index >= 15 is 0 Å². The molecule has 3 unspecified atom stereocenters. The summed E-state index contributed by atoms with van der Waals surface area (Å²) in [5.74, 6) is 0.517. The van der Waals surface area contributed by atoms with Gasteiger partial charge in [0.2, 0.25) is 0 Å². The first-order valence-electron chi connectivity index (χ1n) is 6.83. The van der Waals surface area contributed by atoms with E-state index in [0.29, 0.717) is 5.78 Å². The number of rotatable bonds is 2. The molecule has 0 aliphatic carbocycles. The lowest BCUT2D eigenvalue weighted by atomic mass is 9.89. The Morgan fingerprint density at radius 2 is 2.30 bits per heavy atom. The number of nitrogens with zero attached hydrogens (tertiary/aromatic N) is 5. The Morgan fingerprint density at radius 3 is 3.05 bits per heavy atom. The largest absolute Gasteiger partial charge is 0.481 e. The van der Waals surface area contributed by atoms with E-state index in [-0.39, 0.29) is 18.0 Å². The summed E-state index contributed by atoms with van der Waals surface area (Å²) in [6.45, 7) is 1.92. The highest BCUT2D eigenvalue weighted by Crippen LogP contribution is 2.44. The Bertz CT molecular complexity index is 697. The van der Waals surface area contributed by atoms with Gasteiger partial charge in [0.15, 0.2) is 0 Å². The molecule has 2 aliphatic heterocycles. The Kier molecular flexibility index (Phi) is 2.27. The molecule has 2 aliphatic rings. The summed E-state index contributed by atoms with van der Waals surface area (Å²) in [6.07, 6.45) is 4.18. The molecule has 104 valence electrons. The van der Waals surface area contributed by atoms with Crippen LogP contribution in [0, 0.1) is 12.8 Å². The van der Waals surface area contributed by atoms with Gasteiger partial charge in [-0.2, -0.15) is 14.6 Å². The van der Waals surface area contributed by atoms with Crippen molar-refractivity contribution < 1.29 is 9.90 Å². The molecule has 3 atom stereocenters. The number of aromatic nitrogens is 4. The van der Waals surface area contributed by atoms with E-state index in [1.807, 2.05) is 13.0 Å². The minimum absolute atomic E-state index is 0.0618. The first-order valence-corrected chi connectivity index (χ1v) is 6.83. The Labute approximate surface area is 115 Å². The van der Waals surface area contributed by atoms with Crippen molar-refractivity contribution in [2.24, 2.45) is 5.92 Å². The lowest BCUT2D eigenvalue weighted by molar-refractivity contribution is -0.142. The van der Waals surface area contributed by atoms with Crippen LogP contribution in [0.5, 0.6) is 0 Å². The van der Waals surface area contributed by atoms with Crippen LogP contribution in [0.1, 0.15) is 25.0 Å². The predicted octanol–water partition coefficient (Wildman–Crippen LogP) is 0.875. The standard InChI is InChI=1S/C13H15N5O2/c1-7-4-11(18-13(16-7)14-6-15-18)17-8-2-3-10(17)9(5-8)12(19)20/h4,6,8-10H,2-3,5H2,1H3,(H,19,20). The van der Waals surface area contributed by atoms with Crippen molar-refractivity contribution >= 4 is 17.6 Å². The van der Waals surface area contributed by atoms with Crippen molar-refractivity contribution in [3.63, 3.8) is 0 Å². The molecule has 0 amide bonds. The van der Waals surface area contributed by atoms with Crippen LogP contribution in [0.3, 0.4) is 0 Å². The van der Waals surface area contributed by atoms with Gasteiger partial charge in [0.25, 0.3) is 5.78 Å². The number of carboxylic acids is 1. The fourth-order valence-electron chi connectivity index (χ4n) is 3.71. The Morgan fingerprint density at radius 1 is 1.45 bits per heavy atom. The maximum absolute atomic E-state index is 11.4. The summed E-state index contributed by atoms with van der Waals surface area (Å²) in [7, 11) is 0. The highest BCUT2D eigenvalue weighted by molar-refractivity contribution is 5.74. The molecule has 2 saturated heterocycles. The number of anilines is 1.